The Balaban J connectivity index is 1.48. The molecular weight excluding hydrogens is 571 g/mol. The maximum atomic E-state index is 13.2. The molecule has 11 heteroatoms. The van der Waals surface area contributed by atoms with E-state index in [2.05, 4.69) is 54.3 Å². The number of amides is 1. The van der Waals surface area contributed by atoms with Gasteiger partial charge in [0.15, 0.2) is 0 Å². The Morgan fingerprint density at radius 1 is 1.07 bits per heavy atom. The first kappa shape index (κ1) is 31.2. The van der Waals surface area contributed by atoms with E-state index in [1.807, 2.05) is 17.5 Å². The van der Waals surface area contributed by atoms with Crippen LogP contribution in [0.2, 0.25) is 0 Å². The SMILES string of the molecule is CC(C)(C)NCc1ccc2c(c1)CCC[C@H]2NC(=O)C[C@H](Cc1cccs1)NS(=O)(=O)c1cccc(C(F)(F)F)c1. The number of hydrogen-bond donors (Lipinski definition) is 3. The fraction of sp³-hybridized carbons (Fsp3) is 0.433. The smallest absolute Gasteiger partial charge is 0.349 e. The Bertz CT molecular complexity index is 1450. The molecule has 0 bridgehead atoms. The minimum absolute atomic E-state index is 0.00525. The Morgan fingerprint density at radius 2 is 1.85 bits per heavy atom. The second-order valence-corrected chi connectivity index (χ2v) is 14.2. The van der Waals surface area contributed by atoms with Crippen molar-refractivity contribution in [2.45, 2.75) is 88.1 Å². The van der Waals surface area contributed by atoms with Crippen molar-refractivity contribution in [1.29, 1.82) is 0 Å². The lowest BCUT2D eigenvalue weighted by Crippen LogP contribution is -2.41. The molecule has 0 spiro atoms. The predicted octanol–water partition coefficient (Wildman–Crippen LogP) is 6.13. The molecule has 1 heterocycles. The van der Waals surface area contributed by atoms with Crippen LogP contribution in [-0.2, 0) is 40.4 Å². The largest absolute Gasteiger partial charge is 0.416 e. The van der Waals surface area contributed by atoms with Gasteiger partial charge in [0, 0.05) is 29.4 Å². The second-order valence-electron chi connectivity index (χ2n) is 11.5. The summed E-state index contributed by atoms with van der Waals surface area (Å²) in [6, 6.07) is 12.5. The average molecular weight is 608 g/mol. The Labute approximate surface area is 243 Å². The van der Waals surface area contributed by atoms with Crippen LogP contribution in [0.5, 0.6) is 0 Å². The molecule has 1 aromatic heterocycles. The summed E-state index contributed by atoms with van der Waals surface area (Å²) in [5.74, 6) is -0.324. The zero-order chi connectivity index (χ0) is 29.8. The Morgan fingerprint density at radius 3 is 2.54 bits per heavy atom. The number of nitrogens with one attached hydrogen (secondary N) is 3. The van der Waals surface area contributed by atoms with Crippen molar-refractivity contribution in [2.24, 2.45) is 0 Å². The van der Waals surface area contributed by atoms with Crippen molar-refractivity contribution < 1.29 is 26.4 Å². The quantitative estimate of drug-likeness (QED) is 0.259. The molecule has 6 nitrogen and oxygen atoms in total. The van der Waals surface area contributed by atoms with Gasteiger partial charge in [-0.05, 0) is 92.8 Å². The zero-order valence-electron chi connectivity index (χ0n) is 23.3. The minimum Gasteiger partial charge on any atom is -0.349 e. The number of carbonyl (C=O) groups is 1. The number of hydrogen-bond acceptors (Lipinski definition) is 5. The number of carbonyl (C=O) groups excluding carboxylic acids is 1. The van der Waals surface area contributed by atoms with Gasteiger partial charge in [0.25, 0.3) is 0 Å². The van der Waals surface area contributed by atoms with E-state index in [1.54, 1.807) is 0 Å². The third-order valence-corrected chi connectivity index (χ3v) is 9.35. The van der Waals surface area contributed by atoms with Crippen LogP contribution in [0, 0.1) is 0 Å². The van der Waals surface area contributed by atoms with Gasteiger partial charge in [-0.2, -0.15) is 13.2 Å². The Kier molecular flexibility index (Phi) is 9.63. The van der Waals surface area contributed by atoms with E-state index in [9.17, 15) is 26.4 Å². The average Bonchev–Trinajstić information content (AvgIpc) is 3.39. The molecule has 0 fully saturated rings. The highest BCUT2D eigenvalue weighted by Crippen LogP contribution is 2.32. The van der Waals surface area contributed by atoms with E-state index in [-0.39, 0.29) is 30.3 Å². The summed E-state index contributed by atoms with van der Waals surface area (Å²) in [4.78, 5) is 13.6. The molecular formula is C30H36F3N3O3S2. The van der Waals surface area contributed by atoms with Gasteiger partial charge in [-0.15, -0.1) is 11.3 Å². The lowest BCUT2D eigenvalue weighted by molar-refractivity contribution is -0.137. The van der Waals surface area contributed by atoms with E-state index in [1.165, 1.54) is 22.5 Å². The number of benzene rings is 2. The molecule has 3 N–H and O–H groups in total. The van der Waals surface area contributed by atoms with Crippen molar-refractivity contribution in [3.05, 3.63) is 87.1 Å². The summed E-state index contributed by atoms with van der Waals surface area (Å²) in [7, 11) is -4.32. The fourth-order valence-corrected chi connectivity index (χ4v) is 6.99. The van der Waals surface area contributed by atoms with Gasteiger partial charge in [-0.25, -0.2) is 13.1 Å². The van der Waals surface area contributed by atoms with Crippen molar-refractivity contribution in [3.63, 3.8) is 0 Å². The number of fused-ring (bicyclic) bond motifs is 1. The third-order valence-electron chi connectivity index (χ3n) is 6.93. The first-order valence-corrected chi connectivity index (χ1v) is 15.9. The van der Waals surface area contributed by atoms with Crippen molar-refractivity contribution >= 4 is 27.3 Å². The minimum atomic E-state index is -4.68. The molecule has 2 aromatic carbocycles. The summed E-state index contributed by atoms with van der Waals surface area (Å²) in [6.07, 6.45) is -2.01. The summed E-state index contributed by atoms with van der Waals surface area (Å²) in [5.41, 5.74) is 2.36. The third kappa shape index (κ3) is 8.88. The van der Waals surface area contributed by atoms with Crippen LogP contribution in [0.3, 0.4) is 0 Å². The summed E-state index contributed by atoms with van der Waals surface area (Å²) in [5, 5.41) is 8.41. The molecule has 2 atom stereocenters. The van der Waals surface area contributed by atoms with Gasteiger partial charge >= 0.3 is 6.18 Å². The molecule has 0 unspecified atom stereocenters. The summed E-state index contributed by atoms with van der Waals surface area (Å²) >= 11 is 1.42. The molecule has 222 valence electrons. The van der Waals surface area contributed by atoms with Gasteiger partial charge in [0.05, 0.1) is 16.5 Å². The van der Waals surface area contributed by atoms with Crippen LogP contribution in [0.15, 0.2) is 64.9 Å². The fourth-order valence-electron chi connectivity index (χ4n) is 4.93. The van der Waals surface area contributed by atoms with Crippen LogP contribution in [0.1, 0.15) is 73.2 Å². The van der Waals surface area contributed by atoms with Gasteiger partial charge in [-0.1, -0.05) is 30.3 Å². The highest BCUT2D eigenvalue weighted by atomic mass is 32.2. The molecule has 0 saturated heterocycles. The van der Waals surface area contributed by atoms with Gasteiger partial charge in [0.1, 0.15) is 0 Å². The number of thiophene rings is 1. The van der Waals surface area contributed by atoms with E-state index in [0.29, 0.717) is 6.07 Å². The lowest BCUT2D eigenvalue weighted by Gasteiger charge is -2.28. The van der Waals surface area contributed by atoms with Crippen LogP contribution in [-0.4, -0.2) is 25.9 Å². The topological polar surface area (TPSA) is 87.3 Å². The summed E-state index contributed by atoms with van der Waals surface area (Å²) in [6.45, 7) is 7.08. The van der Waals surface area contributed by atoms with Crippen LogP contribution in [0.4, 0.5) is 13.2 Å². The number of halogens is 3. The standard InChI is InChI=1S/C30H36F3N3O3S2/c1-29(2,3)34-19-20-12-13-26-21(15-20)7-4-11-27(26)35-28(37)18-23(17-24-9-6-14-40-24)36-41(38,39)25-10-5-8-22(16-25)30(31,32)33/h5-6,8-10,12-16,23,27,34,36H,4,7,11,17-19H2,1-3H3,(H,35,37)/t23-,27+/m0/s1. The van der Waals surface area contributed by atoms with Gasteiger partial charge in [-0.3, -0.25) is 4.79 Å². The molecule has 3 aromatic rings. The number of rotatable bonds is 10. The number of aryl methyl sites for hydroxylation is 1. The first-order chi connectivity index (χ1) is 19.2. The van der Waals surface area contributed by atoms with E-state index in [0.717, 1.165) is 54.4 Å². The molecule has 0 saturated carbocycles. The van der Waals surface area contributed by atoms with Crippen molar-refractivity contribution in [3.8, 4) is 0 Å². The Hall–Kier alpha value is -2.73. The van der Waals surface area contributed by atoms with Crippen molar-refractivity contribution in [2.75, 3.05) is 0 Å². The molecule has 1 amide bonds. The van der Waals surface area contributed by atoms with E-state index < -0.39 is 32.7 Å². The van der Waals surface area contributed by atoms with Gasteiger partial charge in [0.2, 0.25) is 15.9 Å². The number of alkyl halides is 3. The highest BCUT2D eigenvalue weighted by Gasteiger charge is 2.32. The summed E-state index contributed by atoms with van der Waals surface area (Å²) < 4.78 is 68.4. The van der Waals surface area contributed by atoms with E-state index >= 15 is 0 Å². The molecule has 4 rings (SSSR count). The monoisotopic (exact) mass is 607 g/mol. The van der Waals surface area contributed by atoms with Crippen LogP contribution >= 0.6 is 11.3 Å². The van der Waals surface area contributed by atoms with Crippen molar-refractivity contribution in [1.82, 2.24) is 15.4 Å². The molecule has 1 aliphatic rings. The maximum absolute atomic E-state index is 13.2. The molecule has 1 aliphatic carbocycles. The molecule has 0 aliphatic heterocycles. The van der Waals surface area contributed by atoms with Crippen LogP contribution in [0.25, 0.3) is 0 Å². The predicted molar refractivity (Wildman–Crippen MR) is 155 cm³/mol. The van der Waals surface area contributed by atoms with Gasteiger partial charge < -0.3 is 10.6 Å². The highest BCUT2D eigenvalue weighted by molar-refractivity contribution is 7.89. The lowest BCUT2D eigenvalue weighted by atomic mass is 9.86. The second kappa shape index (κ2) is 12.6. The molecule has 41 heavy (non-hydrogen) atoms. The number of sulfonamides is 1. The first-order valence-electron chi connectivity index (χ1n) is 13.6. The zero-order valence-corrected chi connectivity index (χ0v) is 25.0. The maximum Gasteiger partial charge on any atom is 0.416 e. The van der Waals surface area contributed by atoms with Crippen LogP contribution < -0.4 is 15.4 Å². The normalized spacial score (nSPS) is 16.7. The molecule has 0 radical (unpaired) electrons. The van der Waals surface area contributed by atoms with E-state index in [4.69, 9.17) is 0 Å².